The molecule has 14 heavy (non-hydrogen) atoms. The van der Waals surface area contributed by atoms with Gasteiger partial charge in [-0.1, -0.05) is 0 Å². The second kappa shape index (κ2) is 4.81. The average molecular weight is 211 g/mol. The number of esters is 1. The van der Waals surface area contributed by atoms with Gasteiger partial charge in [-0.15, -0.1) is 11.3 Å². The summed E-state index contributed by atoms with van der Waals surface area (Å²) in [7, 11) is 5.29. The molecule has 76 valence electrons. The summed E-state index contributed by atoms with van der Waals surface area (Å²) in [5.41, 5.74) is 0. The summed E-state index contributed by atoms with van der Waals surface area (Å²) < 4.78 is 4.61. The molecule has 3 nitrogen and oxygen atoms in total. The second-order valence-corrected chi connectivity index (χ2v) is 4.09. The van der Waals surface area contributed by atoms with Gasteiger partial charge in [-0.2, -0.15) is 0 Å². The Kier molecular flexibility index (Phi) is 3.71. The summed E-state index contributed by atoms with van der Waals surface area (Å²) in [6.07, 6.45) is 3.89. The molecule has 0 fully saturated rings. The minimum Gasteiger partial charge on any atom is -0.465 e. The van der Waals surface area contributed by atoms with E-state index in [4.69, 9.17) is 0 Å². The Hall–Kier alpha value is -1.29. The highest BCUT2D eigenvalue weighted by Gasteiger charge is 2.06. The van der Waals surface area contributed by atoms with Crippen LogP contribution in [0.15, 0.2) is 18.3 Å². The highest BCUT2D eigenvalue weighted by molar-refractivity contribution is 7.14. The van der Waals surface area contributed by atoms with E-state index >= 15 is 0 Å². The fourth-order valence-corrected chi connectivity index (χ4v) is 1.70. The van der Waals surface area contributed by atoms with E-state index < -0.39 is 0 Å². The van der Waals surface area contributed by atoms with E-state index in [0.717, 1.165) is 4.88 Å². The van der Waals surface area contributed by atoms with Crippen LogP contribution < -0.4 is 0 Å². The Balaban J connectivity index is 2.73. The van der Waals surface area contributed by atoms with Crippen molar-refractivity contribution in [1.29, 1.82) is 0 Å². The molecule has 0 amide bonds. The summed E-state index contributed by atoms with van der Waals surface area (Å²) in [6.45, 7) is 0. The van der Waals surface area contributed by atoms with E-state index in [1.807, 2.05) is 37.3 Å². The van der Waals surface area contributed by atoms with Crippen molar-refractivity contribution >= 4 is 23.4 Å². The average Bonchev–Trinajstić information content (AvgIpc) is 2.62. The van der Waals surface area contributed by atoms with Gasteiger partial charge < -0.3 is 9.64 Å². The minimum absolute atomic E-state index is 0.278. The van der Waals surface area contributed by atoms with Crippen LogP contribution in [0.4, 0.5) is 0 Å². The third-order valence-corrected chi connectivity index (χ3v) is 2.58. The quantitative estimate of drug-likeness (QED) is 0.717. The van der Waals surface area contributed by atoms with Gasteiger partial charge >= 0.3 is 5.97 Å². The predicted octanol–water partition coefficient (Wildman–Crippen LogP) is 2.07. The first-order valence-corrected chi connectivity index (χ1v) is 4.98. The zero-order chi connectivity index (χ0) is 10.6. The van der Waals surface area contributed by atoms with Crippen molar-refractivity contribution in [1.82, 2.24) is 4.90 Å². The Morgan fingerprint density at radius 2 is 2.21 bits per heavy atom. The normalized spacial score (nSPS) is 10.5. The van der Waals surface area contributed by atoms with E-state index in [0.29, 0.717) is 4.88 Å². The number of thiophene rings is 1. The fraction of sp³-hybridized carbons (Fsp3) is 0.300. The molecule has 0 aromatic carbocycles. The molecule has 1 rings (SSSR count). The number of nitrogens with zero attached hydrogens (tertiary/aromatic N) is 1. The number of carbonyl (C=O) groups is 1. The molecule has 0 aliphatic heterocycles. The lowest BCUT2D eigenvalue weighted by molar-refractivity contribution is 0.0606. The summed E-state index contributed by atoms with van der Waals surface area (Å²) in [6, 6.07) is 3.67. The van der Waals surface area contributed by atoms with Crippen LogP contribution in [0.25, 0.3) is 6.08 Å². The molecule has 0 unspecified atom stereocenters. The molecule has 0 bridgehead atoms. The Bertz CT molecular complexity index is 342. The fourth-order valence-electron chi connectivity index (χ4n) is 0.875. The molecule has 1 aromatic heterocycles. The van der Waals surface area contributed by atoms with Crippen molar-refractivity contribution in [2.45, 2.75) is 0 Å². The summed E-state index contributed by atoms with van der Waals surface area (Å²) in [5, 5.41) is 0. The molecular weight excluding hydrogens is 198 g/mol. The predicted molar refractivity (Wildman–Crippen MR) is 58.4 cm³/mol. The number of hydrogen-bond acceptors (Lipinski definition) is 4. The van der Waals surface area contributed by atoms with Crippen molar-refractivity contribution in [3.63, 3.8) is 0 Å². The summed E-state index contributed by atoms with van der Waals surface area (Å²) >= 11 is 1.42. The molecule has 0 spiro atoms. The van der Waals surface area contributed by atoms with Gasteiger partial charge in [0, 0.05) is 19.0 Å². The van der Waals surface area contributed by atoms with Crippen LogP contribution in [0.5, 0.6) is 0 Å². The van der Waals surface area contributed by atoms with Gasteiger partial charge in [-0.3, -0.25) is 0 Å². The van der Waals surface area contributed by atoms with Crippen molar-refractivity contribution in [2.24, 2.45) is 0 Å². The highest BCUT2D eigenvalue weighted by atomic mass is 32.1. The van der Waals surface area contributed by atoms with Gasteiger partial charge in [0.05, 0.1) is 7.11 Å². The number of ether oxygens (including phenoxy) is 1. The third-order valence-electron chi connectivity index (χ3n) is 1.55. The topological polar surface area (TPSA) is 29.5 Å². The van der Waals surface area contributed by atoms with Gasteiger partial charge in [-0.05, 0) is 24.4 Å². The van der Waals surface area contributed by atoms with Crippen LogP contribution in [-0.2, 0) is 4.74 Å². The van der Waals surface area contributed by atoms with Crippen LogP contribution >= 0.6 is 11.3 Å². The first-order chi connectivity index (χ1) is 6.63. The van der Waals surface area contributed by atoms with Gasteiger partial charge in [0.15, 0.2) is 0 Å². The molecule has 0 atom stereocenters. The Morgan fingerprint density at radius 3 is 2.79 bits per heavy atom. The largest absolute Gasteiger partial charge is 0.465 e. The lowest BCUT2D eigenvalue weighted by atomic mass is 10.4. The Morgan fingerprint density at radius 1 is 1.50 bits per heavy atom. The lowest BCUT2D eigenvalue weighted by Crippen LogP contribution is -1.99. The van der Waals surface area contributed by atoms with Gasteiger partial charge in [0.1, 0.15) is 4.88 Å². The lowest BCUT2D eigenvalue weighted by Gasteiger charge is -2.01. The molecule has 4 heteroatoms. The maximum Gasteiger partial charge on any atom is 0.348 e. The smallest absolute Gasteiger partial charge is 0.348 e. The van der Waals surface area contributed by atoms with E-state index in [2.05, 4.69) is 4.74 Å². The first kappa shape index (κ1) is 10.8. The van der Waals surface area contributed by atoms with Crippen LogP contribution in [0, 0.1) is 0 Å². The van der Waals surface area contributed by atoms with Crippen molar-refractivity contribution in [2.75, 3.05) is 21.2 Å². The molecule has 0 saturated carbocycles. The molecule has 0 radical (unpaired) electrons. The summed E-state index contributed by atoms with van der Waals surface area (Å²) in [5.74, 6) is -0.278. The number of hydrogen-bond donors (Lipinski definition) is 0. The number of rotatable bonds is 3. The molecular formula is C10H13NO2S. The van der Waals surface area contributed by atoms with Crippen LogP contribution in [0.2, 0.25) is 0 Å². The maximum absolute atomic E-state index is 11.1. The minimum atomic E-state index is -0.278. The molecule has 0 saturated heterocycles. The Labute approximate surface area is 87.6 Å². The monoisotopic (exact) mass is 211 g/mol. The molecule has 1 aromatic rings. The van der Waals surface area contributed by atoms with Gasteiger partial charge in [0.2, 0.25) is 0 Å². The van der Waals surface area contributed by atoms with Crippen LogP contribution in [0.1, 0.15) is 14.5 Å². The molecule has 0 aliphatic carbocycles. The van der Waals surface area contributed by atoms with Crippen molar-refractivity contribution < 1.29 is 9.53 Å². The summed E-state index contributed by atoms with van der Waals surface area (Å²) in [4.78, 5) is 14.7. The van der Waals surface area contributed by atoms with Crippen LogP contribution in [-0.4, -0.2) is 32.1 Å². The third kappa shape index (κ3) is 2.88. The van der Waals surface area contributed by atoms with E-state index in [1.54, 1.807) is 6.07 Å². The highest BCUT2D eigenvalue weighted by Crippen LogP contribution is 2.18. The standard InChI is InChI=1S/C10H13NO2S/c1-11(2)7-6-8-4-5-9(14-8)10(12)13-3/h4-7H,1-3H3. The zero-order valence-electron chi connectivity index (χ0n) is 8.48. The van der Waals surface area contributed by atoms with Crippen molar-refractivity contribution in [3.8, 4) is 0 Å². The number of carbonyl (C=O) groups excluding carboxylic acids is 1. The molecule has 0 aliphatic rings. The SMILES string of the molecule is COC(=O)c1ccc(C=CN(C)C)s1. The first-order valence-electron chi connectivity index (χ1n) is 4.16. The molecule has 0 N–H and O–H groups in total. The van der Waals surface area contributed by atoms with Crippen molar-refractivity contribution in [3.05, 3.63) is 28.1 Å². The second-order valence-electron chi connectivity index (χ2n) is 2.97. The van der Waals surface area contributed by atoms with E-state index in [-0.39, 0.29) is 5.97 Å². The molecule has 1 heterocycles. The van der Waals surface area contributed by atoms with Crippen LogP contribution in [0.3, 0.4) is 0 Å². The van der Waals surface area contributed by atoms with E-state index in [1.165, 1.54) is 18.4 Å². The van der Waals surface area contributed by atoms with E-state index in [9.17, 15) is 4.79 Å². The maximum atomic E-state index is 11.1. The van der Waals surface area contributed by atoms with Gasteiger partial charge in [0.25, 0.3) is 0 Å². The zero-order valence-corrected chi connectivity index (χ0v) is 9.30. The van der Waals surface area contributed by atoms with Gasteiger partial charge in [-0.25, -0.2) is 4.79 Å². The number of methoxy groups -OCH3 is 1.